The highest BCUT2D eigenvalue weighted by molar-refractivity contribution is 7.16. The van der Waals surface area contributed by atoms with Gasteiger partial charge in [-0.3, -0.25) is 0 Å². The molecule has 0 saturated carbocycles. The Morgan fingerprint density at radius 2 is 2.22 bits per heavy atom. The number of thiophene rings is 1. The van der Waals surface area contributed by atoms with E-state index < -0.39 is 0 Å². The molecular weight excluding hydrogens is 262 g/mol. The predicted molar refractivity (Wildman–Crippen MR) is 76.0 cm³/mol. The van der Waals surface area contributed by atoms with Gasteiger partial charge in [-0.25, -0.2) is 4.98 Å². The average molecular weight is 271 g/mol. The van der Waals surface area contributed by atoms with Gasteiger partial charge in [-0.05, 0) is 24.3 Å². The zero-order valence-electron chi connectivity index (χ0n) is 9.38. The van der Waals surface area contributed by atoms with Crippen LogP contribution in [0.1, 0.15) is 10.4 Å². The number of benzene rings is 1. The number of thiazole rings is 1. The van der Waals surface area contributed by atoms with E-state index in [0.717, 1.165) is 28.2 Å². The van der Waals surface area contributed by atoms with E-state index in [1.807, 2.05) is 29.1 Å². The Hall–Kier alpha value is -1.90. The summed E-state index contributed by atoms with van der Waals surface area (Å²) in [5.74, 6) is 0. The van der Waals surface area contributed by atoms with Crippen molar-refractivity contribution in [2.45, 2.75) is 6.54 Å². The van der Waals surface area contributed by atoms with Crippen LogP contribution in [0.4, 0.5) is 5.69 Å². The summed E-state index contributed by atoms with van der Waals surface area (Å²) in [7, 11) is 0. The van der Waals surface area contributed by atoms with Crippen molar-refractivity contribution in [3.8, 4) is 6.07 Å². The van der Waals surface area contributed by atoms with E-state index in [2.05, 4.69) is 22.4 Å². The van der Waals surface area contributed by atoms with Crippen molar-refractivity contribution in [3.63, 3.8) is 0 Å². The Kier molecular flexibility index (Phi) is 2.97. The summed E-state index contributed by atoms with van der Waals surface area (Å²) in [6.07, 6.45) is 0. The molecule has 18 heavy (non-hydrogen) atoms. The fourth-order valence-corrected chi connectivity index (χ4v) is 3.15. The van der Waals surface area contributed by atoms with Crippen LogP contribution in [0, 0.1) is 11.3 Å². The molecule has 2 aromatic heterocycles. The zero-order valence-corrected chi connectivity index (χ0v) is 11.0. The van der Waals surface area contributed by atoms with Gasteiger partial charge < -0.3 is 5.32 Å². The van der Waals surface area contributed by atoms with Gasteiger partial charge in [0.1, 0.15) is 6.07 Å². The molecule has 88 valence electrons. The smallest absolute Gasteiger partial charge is 0.100 e. The molecule has 0 fully saturated rings. The van der Waals surface area contributed by atoms with Crippen LogP contribution in [-0.4, -0.2) is 4.98 Å². The molecule has 1 aromatic carbocycles. The Labute approximate surface area is 112 Å². The maximum Gasteiger partial charge on any atom is 0.100 e. The third-order valence-electron chi connectivity index (χ3n) is 2.58. The second-order valence-electron chi connectivity index (χ2n) is 3.80. The lowest BCUT2D eigenvalue weighted by molar-refractivity contribution is 1.19. The summed E-state index contributed by atoms with van der Waals surface area (Å²) >= 11 is 3.24. The first-order valence-corrected chi connectivity index (χ1v) is 7.16. The van der Waals surface area contributed by atoms with Crippen molar-refractivity contribution >= 4 is 38.6 Å². The van der Waals surface area contributed by atoms with Gasteiger partial charge in [0, 0.05) is 22.5 Å². The molecule has 3 rings (SSSR count). The fourth-order valence-electron chi connectivity index (χ4n) is 1.69. The largest absolute Gasteiger partial charge is 0.380 e. The molecule has 0 bridgehead atoms. The number of hydrogen-bond acceptors (Lipinski definition) is 5. The van der Waals surface area contributed by atoms with E-state index in [4.69, 9.17) is 5.26 Å². The molecule has 0 unspecified atom stereocenters. The quantitative estimate of drug-likeness (QED) is 0.787. The minimum absolute atomic E-state index is 0.731. The van der Waals surface area contributed by atoms with Gasteiger partial charge in [0.15, 0.2) is 0 Å². The Balaban J connectivity index is 1.74. The van der Waals surface area contributed by atoms with Crippen molar-refractivity contribution in [2.75, 3.05) is 5.32 Å². The third kappa shape index (κ3) is 2.21. The minimum Gasteiger partial charge on any atom is -0.380 e. The van der Waals surface area contributed by atoms with Gasteiger partial charge in [-0.1, -0.05) is 0 Å². The summed E-state index contributed by atoms with van der Waals surface area (Å²) in [5.41, 5.74) is 4.70. The van der Waals surface area contributed by atoms with Crippen molar-refractivity contribution in [1.82, 2.24) is 4.98 Å². The highest BCUT2D eigenvalue weighted by Crippen LogP contribution is 2.23. The highest BCUT2D eigenvalue weighted by atomic mass is 32.1. The topological polar surface area (TPSA) is 48.7 Å². The monoisotopic (exact) mass is 271 g/mol. The van der Waals surface area contributed by atoms with E-state index in [1.165, 1.54) is 4.70 Å². The summed E-state index contributed by atoms with van der Waals surface area (Å²) in [4.78, 5) is 5.41. The van der Waals surface area contributed by atoms with Crippen LogP contribution in [0.3, 0.4) is 0 Å². The number of anilines is 1. The number of rotatable bonds is 3. The van der Waals surface area contributed by atoms with E-state index in [1.54, 1.807) is 22.7 Å². The molecule has 1 N–H and O–H groups in total. The average Bonchev–Trinajstić information content (AvgIpc) is 3.04. The number of nitriles is 1. The molecule has 0 saturated heterocycles. The normalized spacial score (nSPS) is 10.4. The highest BCUT2D eigenvalue weighted by Gasteiger charge is 2.01. The molecule has 0 radical (unpaired) electrons. The third-order valence-corrected chi connectivity index (χ3v) is 4.31. The maximum atomic E-state index is 8.76. The van der Waals surface area contributed by atoms with Crippen LogP contribution in [0.25, 0.3) is 10.2 Å². The molecule has 3 aromatic rings. The maximum absolute atomic E-state index is 8.76. The van der Waals surface area contributed by atoms with Crippen LogP contribution in [0.2, 0.25) is 0 Å². The van der Waals surface area contributed by atoms with Gasteiger partial charge in [0.05, 0.1) is 21.3 Å². The van der Waals surface area contributed by atoms with Gasteiger partial charge in [0.25, 0.3) is 0 Å². The Morgan fingerprint density at radius 3 is 3.06 bits per heavy atom. The lowest BCUT2D eigenvalue weighted by atomic mass is 10.3. The van der Waals surface area contributed by atoms with Crippen molar-refractivity contribution in [2.24, 2.45) is 0 Å². The van der Waals surface area contributed by atoms with Gasteiger partial charge in [-0.15, -0.1) is 22.7 Å². The first kappa shape index (κ1) is 11.2. The Bertz CT molecular complexity index is 721. The summed E-state index contributed by atoms with van der Waals surface area (Å²) in [6.45, 7) is 0.747. The molecule has 0 amide bonds. The van der Waals surface area contributed by atoms with Crippen LogP contribution in [0.15, 0.2) is 35.2 Å². The molecule has 0 spiro atoms. The lowest BCUT2D eigenvalue weighted by Crippen LogP contribution is -1.96. The van der Waals surface area contributed by atoms with E-state index in [0.29, 0.717) is 0 Å². The molecule has 0 aliphatic rings. The number of fused-ring (bicyclic) bond motifs is 1. The van der Waals surface area contributed by atoms with E-state index >= 15 is 0 Å². The molecule has 0 aliphatic heterocycles. The first-order chi connectivity index (χ1) is 8.85. The Morgan fingerprint density at radius 1 is 1.28 bits per heavy atom. The van der Waals surface area contributed by atoms with Gasteiger partial charge >= 0.3 is 0 Å². The molecule has 5 heteroatoms. The zero-order chi connectivity index (χ0) is 12.4. The standard InChI is InChI=1S/C13H9N3S2/c14-5-9-3-11(17-7-9)6-15-10-1-2-12-13(4-10)18-8-16-12/h1-4,7-8,15H,6H2. The van der Waals surface area contributed by atoms with Gasteiger partial charge in [-0.2, -0.15) is 5.26 Å². The van der Waals surface area contributed by atoms with Crippen LogP contribution in [0.5, 0.6) is 0 Å². The number of hydrogen-bond donors (Lipinski definition) is 1. The molecular formula is C13H9N3S2. The second-order valence-corrected chi connectivity index (χ2v) is 5.68. The molecule has 0 atom stereocenters. The van der Waals surface area contributed by atoms with E-state index in [9.17, 15) is 0 Å². The lowest BCUT2D eigenvalue weighted by Gasteiger charge is -2.04. The number of aromatic nitrogens is 1. The van der Waals surface area contributed by atoms with E-state index in [-0.39, 0.29) is 0 Å². The fraction of sp³-hybridized carbons (Fsp3) is 0.0769. The minimum atomic E-state index is 0.731. The predicted octanol–water partition coefficient (Wildman–Crippen LogP) is 3.84. The number of nitrogens with one attached hydrogen (secondary N) is 1. The first-order valence-electron chi connectivity index (χ1n) is 5.40. The van der Waals surface area contributed by atoms with Crippen molar-refractivity contribution in [1.29, 1.82) is 5.26 Å². The second kappa shape index (κ2) is 4.77. The van der Waals surface area contributed by atoms with Crippen LogP contribution >= 0.6 is 22.7 Å². The molecule has 2 heterocycles. The van der Waals surface area contributed by atoms with Gasteiger partial charge in [0.2, 0.25) is 0 Å². The summed E-state index contributed by atoms with van der Waals surface area (Å²) in [5, 5.41) is 14.0. The molecule has 0 aliphatic carbocycles. The SMILES string of the molecule is N#Cc1csc(CNc2ccc3ncsc3c2)c1. The van der Waals surface area contributed by atoms with Crippen LogP contribution < -0.4 is 5.32 Å². The van der Waals surface area contributed by atoms with Crippen LogP contribution in [-0.2, 0) is 6.54 Å². The summed E-state index contributed by atoms with van der Waals surface area (Å²) < 4.78 is 1.18. The van der Waals surface area contributed by atoms with Crippen molar-refractivity contribution < 1.29 is 0 Å². The molecule has 3 nitrogen and oxygen atoms in total. The van der Waals surface area contributed by atoms with Crippen molar-refractivity contribution in [3.05, 3.63) is 45.6 Å². The summed E-state index contributed by atoms with van der Waals surface area (Å²) in [6, 6.07) is 10.2. The number of nitrogens with zero attached hydrogens (tertiary/aromatic N) is 2.